The lowest BCUT2D eigenvalue weighted by Gasteiger charge is -2.05. The van der Waals surface area contributed by atoms with E-state index in [2.05, 4.69) is 20.3 Å². The van der Waals surface area contributed by atoms with Crippen LogP contribution >= 0.6 is 11.3 Å². The molecule has 0 aromatic carbocycles. The molecule has 0 amide bonds. The third kappa shape index (κ3) is 3.39. The summed E-state index contributed by atoms with van der Waals surface area (Å²) in [4.78, 5) is 13.7. The first-order valence-corrected chi connectivity index (χ1v) is 6.20. The molecule has 0 aliphatic rings. The van der Waals surface area contributed by atoms with E-state index in [1.54, 1.807) is 23.6 Å². The van der Waals surface area contributed by atoms with Crippen LogP contribution in [0.5, 0.6) is 5.88 Å². The predicted molar refractivity (Wildman–Crippen MR) is 67.4 cm³/mol. The molecular weight excluding hydrogens is 236 g/mol. The summed E-state index contributed by atoms with van der Waals surface area (Å²) in [5, 5.41) is 4.20. The van der Waals surface area contributed by atoms with Crippen molar-refractivity contribution in [1.29, 1.82) is 0 Å². The van der Waals surface area contributed by atoms with Gasteiger partial charge in [-0.05, 0) is 13.8 Å². The SMILES string of the molecule is CCOc1ccnc(NCc2cnc(C)s2)n1. The molecule has 0 unspecified atom stereocenters. The average molecular weight is 250 g/mol. The normalized spacial score (nSPS) is 10.2. The van der Waals surface area contributed by atoms with E-state index in [0.29, 0.717) is 25.0 Å². The number of rotatable bonds is 5. The van der Waals surface area contributed by atoms with E-state index in [0.717, 1.165) is 9.88 Å². The van der Waals surface area contributed by atoms with Crippen molar-refractivity contribution in [1.82, 2.24) is 15.0 Å². The van der Waals surface area contributed by atoms with Gasteiger partial charge in [-0.2, -0.15) is 4.98 Å². The minimum atomic E-state index is 0.571. The van der Waals surface area contributed by atoms with Crippen molar-refractivity contribution >= 4 is 17.3 Å². The maximum Gasteiger partial charge on any atom is 0.226 e. The van der Waals surface area contributed by atoms with Gasteiger partial charge in [0.1, 0.15) is 0 Å². The first-order valence-electron chi connectivity index (χ1n) is 5.39. The van der Waals surface area contributed by atoms with Gasteiger partial charge in [-0.3, -0.25) is 0 Å². The topological polar surface area (TPSA) is 59.9 Å². The Morgan fingerprint density at radius 1 is 1.41 bits per heavy atom. The van der Waals surface area contributed by atoms with Crippen molar-refractivity contribution in [3.63, 3.8) is 0 Å². The van der Waals surface area contributed by atoms with Gasteiger partial charge in [0, 0.05) is 23.3 Å². The molecule has 0 fully saturated rings. The molecule has 0 spiro atoms. The molecule has 5 nitrogen and oxygen atoms in total. The van der Waals surface area contributed by atoms with Crippen molar-refractivity contribution in [2.24, 2.45) is 0 Å². The van der Waals surface area contributed by atoms with Crippen LogP contribution in [0.3, 0.4) is 0 Å². The van der Waals surface area contributed by atoms with Gasteiger partial charge in [-0.1, -0.05) is 0 Å². The van der Waals surface area contributed by atoms with E-state index in [9.17, 15) is 0 Å². The largest absolute Gasteiger partial charge is 0.478 e. The maximum absolute atomic E-state index is 5.30. The van der Waals surface area contributed by atoms with E-state index >= 15 is 0 Å². The molecule has 0 atom stereocenters. The van der Waals surface area contributed by atoms with Crippen molar-refractivity contribution in [3.8, 4) is 5.88 Å². The summed E-state index contributed by atoms with van der Waals surface area (Å²) in [5.41, 5.74) is 0. The van der Waals surface area contributed by atoms with E-state index in [1.807, 2.05) is 20.0 Å². The highest BCUT2D eigenvalue weighted by Gasteiger charge is 2.01. The van der Waals surface area contributed by atoms with Gasteiger partial charge in [-0.25, -0.2) is 9.97 Å². The lowest BCUT2D eigenvalue weighted by Crippen LogP contribution is -2.03. The number of thiazole rings is 1. The Hall–Kier alpha value is -1.69. The van der Waals surface area contributed by atoms with E-state index in [1.165, 1.54) is 0 Å². The fraction of sp³-hybridized carbons (Fsp3) is 0.364. The zero-order valence-electron chi connectivity index (χ0n) is 9.80. The Kier molecular flexibility index (Phi) is 3.87. The summed E-state index contributed by atoms with van der Waals surface area (Å²) in [6.07, 6.45) is 3.54. The summed E-state index contributed by atoms with van der Waals surface area (Å²) in [5.74, 6) is 1.16. The highest BCUT2D eigenvalue weighted by atomic mass is 32.1. The Labute approximate surface area is 104 Å². The van der Waals surface area contributed by atoms with Crippen molar-refractivity contribution in [2.45, 2.75) is 20.4 Å². The minimum absolute atomic E-state index is 0.571. The lowest BCUT2D eigenvalue weighted by molar-refractivity contribution is 0.326. The van der Waals surface area contributed by atoms with Gasteiger partial charge in [0.15, 0.2) is 0 Å². The summed E-state index contributed by atoms with van der Waals surface area (Å²) < 4.78 is 5.30. The number of anilines is 1. The summed E-state index contributed by atoms with van der Waals surface area (Å²) >= 11 is 1.66. The first-order chi connectivity index (χ1) is 8.28. The van der Waals surface area contributed by atoms with E-state index in [4.69, 9.17) is 4.74 Å². The van der Waals surface area contributed by atoms with E-state index < -0.39 is 0 Å². The molecule has 2 aromatic heterocycles. The maximum atomic E-state index is 5.30. The Morgan fingerprint density at radius 3 is 3.00 bits per heavy atom. The van der Waals surface area contributed by atoms with Crippen LogP contribution in [0.2, 0.25) is 0 Å². The number of ether oxygens (including phenoxy) is 1. The van der Waals surface area contributed by atoms with Crippen LogP contribution in [0.4, 0.5) is 5.95 Å². The van der Waals surface area contributed by atoms with Crippen LogP contribution in [-0.2, 0) is 6.54 Å². The molecule has 1 N–H and O–H groups in total. The number of aryl methyl sites for hydroxylation is 1. The van der Waals surface area contributed by atoms with Gasteiger partial charge in [0.2, 0.25) is 11.8 Å². The molecule has 0 aliphatic heterocycles. The lowest BCUT2D eigenvalue weighted by atomic mass is 10.5. The second-order valence-electron chi connectivity index (χ2n) is 3.35. The Bertz CT molecular complexity index is 486. The monoisotopic (exact) mass is 250 g/mol. The molecular formula is C11H14N4OS. The minimum Gasteiger partial charge on any atom is -0.478 e. The molecule has 90 valence electrons. The Morgan fingerprint density at radius 2 is 2.29 bits per heavy atom. The number of hydrogen-bond donors (Lipinski definition) is 1. The highest BCUT2D eigenvalue weighted by Crippen LogP contribution is 2.14. The average Bonchev–Trinajstić information content (AvgIpc) is 2.74. The van der Waals surface area contributed by atoms with Gasteiger partial charge in [0.25, 0.3) is 0 Å². The summed E-state index contributed by atoms with van der Waals surface area (Å²) in [7, 11) is 0. The Balaban J connectivity index is 1.96. The fourth-order valence-electron chi connectivity index (χ4n) is 1.31. The number of hydrogen-bond acceptors (Lipinski definition) is 6. The molecule has 17 heavy (non-hydrogen) atoms. The van der Waals surface area contributed by atoms with Crippen LogP contribution in [0.1, 0.15) is 16.8 Å². The van der Waals surface area contributed by atoms with Gasteiger partial charge < -0.3 is 10.1 Å². The second-order valence-corrected chi connectivity index (χ2v) is 4.67. The molecule has 2 rings (SSSR count). The second kappa shape index (κ2) is 5.58. The fourth-order valence-corrected chi connectivity index (χ4v) is 2.04. The van der Waals surface area contributed by atoms with Crippen LogP contribution in [0.15, 0.2) is 18.5 Å². The number of aromatic nitrogens is 3. The van der Waals surface area contributed by atoms with Crippen LogP contribution in [-0.4, -0.2) is 21.6 Å². The standard InChI is InChI=1S/C11H14N4OS/c1-3-16-10-4-5-12-11(15-10)14-7-9-6-13-8(2)17-9/h4-6H,3,7H2,1-2H3,(H,12,14,15). The van der Waals surface area contributed by atoms with Gasteiger partial charge >= 0.3 is 0 Å². The van der Waals surface area contributed by atoms with Crippen molar-refractivity contribution in [2.75, 3.05) is 11.9 Å². The van der Waals surface area contributed by atoms with Crippen LogP contribution in [0.25, 0.3) is 0 Å². The molecule has 0 bridgehead atoms. The summed E-state index contributed by atoms with van der Waals surface area (Å²) in [6, 6.07) is 1.74. The predicted octanol–water partition coefficient (Wildman–Crippen LogP) is 2.25. The van der Waals surface area contributed by atoms with Gasteiger partial charge in [0.05, 0.1) is 18.2 Å². The molecule has 6 heteroatoms. The van der Waals surface area contributed by atoms with Crippen molar-refractivity contribution in [3.05, 3.63) is 28.3 Å². The molecule has 2 aromatic rings. The van der Waals surface area contributed by atoms with Crippen molar-refractivity contribution < 1.29 is 4.74 Å². The molecule has 0 saturated carbocycles. The van der Waals surface area contributed by atoms with Crippen LogP contribution in [0, 0.1) is 6.92 Å². The zero-order chi connectivity index (χ0) is 12.1. The third-order valence-electron chi connectivity index (χ3n) is 2.01. The number of nitrogens with one attached hydrogen (secondary N) is 1. The zero-order valence-corrected chi connectivity index (χ0v) is 10.6. The van der Waals surface area contributed by atoms with Gasteiger partial charge in [-0.15, -0.1) is 11.3 Å². The van der Waals surface area contributed by atoms with Crippen LogP contribution < -0.4 is 10.1 Å². The molecule has 0 radical (unpaired) electrons. The molecule has 0 saturated heterocycles. The highest BCUT2D eigenvalue weighted by molar-refractivity contribution is 7.11. The number of nitrogens with zero attached hydrogens (tertiary/aromatic N) is 3. The van der Waals surface area contributed by atoms with E-state index in [-0.39, 0.29) is 0 Å². The quantitative estimate of drug-likeness (QED) is 0.882. The summed E-state index contributed by atoms with van der Waals surface area (Å²) in [6.45, 7) is 5.20. The smallest absolute Gasteiger partial charge is 0.226 e. The first kappa shape index (κ1) is 11.8. The molecule has 0 aliphatic carbocycles. The third-order valence-corrected chi connectivity index (χ3v) is 2.92. The molecule has 2 heterocycles.